The molecule has 2 atom stereocenters. The molecule has 0 fully saturated rings. The molecule has 3 heterocycles. The van der Waals surface area contributed by atoms with E-state index in [4.69, 9.17) is 16.3 Å². The zero-order valence-corrected chi connectivity index (χ0v) is 16.2. The molecule has 1 aliphatic rings. The van der Waals surface area contributed by atoms with Crippen LogP contribution in [0.3, 0.4) is 0 Å². The maximum atomic E-state index is 13.1. The maximum absolute atomic E-state index is 13.1. The van der Waals surface area contributed by atoms with Crippen LogP contribution in [0.4, 0.5) is 13.2 Å². The Morgan fingerprint density at radius 2 is 2.11 bits per heavy atom. The van der Waals surface area contributed by atoms with Crippen molar-refractivity contribution in [1.29, 1.82) is 0 Å². The summed E-state index contributed by atoms with van der Waals surface area (Å²) in [6, 6.07) is 5.75. The van der Waals surface area contributed by atoms with E-state index in [0.717, 1.165) is 17.2 Å². The Kier molecular flexibility index (Phi) is 5.24. The third-order valence-corrected chi connectivity index (χ3v) is 6.88. The summed E-state index contributed by atoms with van der Waals surface area (Å²) in [4.78, 5) is 4.64. The predicted molar refractivity (Wildman–Crippen MR) is 100 cm³/mol. The Labute approximate surface area is 167 Å². The first-order valence-electron chi connectivity index (χ1n) is 8.09. The summed E-state index contributed by atoms with van der Waals surface area (Å²) < 4.78 is 47.9. The van der Waals surface area contributed by atoms with E-state index in [1.807, 2.05) is 22.2 Å². The lowest BCUT2D eigenvalue weighted by Crippen LogP contribution is -2.19. The topological polar surface area (TPSA) is 27.1 Å². The molecule has 2 aromatic heterocycles. The zero-order chi connectivity index (χ0) is 19.0. The van der Waals surface area contributed by atoms with Crippen LogP contribution in [0.25, 0.3) is 0 Å². The fourth-order valence-corrected chi connectivity index (χ4v) is 5.35. The molecule has 3 nitrogen and oxygen atoms in total. The van der Waals surface area contributed by atoms with E-state index < -0.39 is 11.7 Å². The van der Waals surface area contributed by atoms with Gasteiger partial charge in [-0.15, -0.1) is 23.1 Å². The molecule has 27 heavy (non-hydrogen) atoms. The Balaban J connectivity index is 1.60. The number of rotatable bonds is 5. The Morgan fingerprint density at radius 3 is 2.78 bits per heavy atom. The van der Waals surface area contributed by atoms with Gasteiger partial charge in [0.15, 0.2) is 0 Å². The zero-order valence-electron chi connectivity index (χ0n) is 13.8. The van der Waals surface area contributed by atoms with Crippen molar-refractivity contribution in [2.24, 2.45) is 0 Å². The molecule has 0 radical (unpaired) electrons. The molecule has 142 valence electrons. The largest absolute Gasteiger partial charge is 0.416 e. The third kappa shape index (κ3) is 4.03. The van der Waals surface area contributed by atoms with Crippen molar-refractivity contribution in [2.45, 2.75) is 35.6 Å². The Morgan fingerprint density at radius 1 is 1.26 bits per heavy atom. The Hall–Kier alpha value is -1.48. The van der Waals surface area contributed by atoms with E-state index >= 15 is 0 Å². The van der Waals surface area contributed by atoms with Gasteiger partial charge >= 0.3 is 6.18 Å². The molecule has 0 aliphatic carbocycles. The average Bonchev–Trinajstić information content (AvgIpc) is 3.33. The molecule has 0 unspecified atom stereocenters. The van der Waals surface area contributed by atoms with Gasteiger partial charge in [-0.25, -0.2) is 4.98 Å². The summed E-state index contributed by atoms with van der Waals surface area (Å²) in [5, 5.41) is 1.83. The minimum absolute atomic E-state index is 0.0601. The van der Waals surface area contributed by atoms with Gasteiger partial charge in [0.1, 0.15) is 0 Å². The summed E-state index contributed by atoms with van der Waals surface area (Å²) in [5.41, 5.74) is 1.02. The summed E-state index contributed by atoms with van der Waals surface area (Å²) >= 11 is 8.98. The van der Waals surface area contributed by atoms with Crippen LogP contribution in [0.15, 0.2) is 53.3 Å². The van der Waals surface area contributed by atoms with E-state index in [-0.39, 0.29) is 11.4 Å². The second-order valence-corrected chi connectivity index (χ2v) is 8.92. The molecule has 0 saturated heterocycles. The highest BCUT2D eigenvalue weighted by Crippen LogP contribution is 2.48. The highest BCUT2D eigenvalue weighted by Gasteiger charge is 2.38. The number of fused-ring (bicyclic) bond motifs is 1. The number of hydrogen-bond acceptors (Lipinski definition) is 4. The number of nitrogens with zero attached hydrogens (tertiary/aromatic N) is 2. The molecule has 3 aromatic rings. The van der Waals surface area contributed by atoms with Crippen molar-refractivity contribution in [2.75, 3.05) is 0 Å². The van der Waals surface area contributed by atoms with E-state index in [1.54, 1.807) is 12.5 Å². The molecule has 0 bridgehead atoms. The second kappa shape index (κ2) is 7.50. The molecular formula is C18H14ClF3N2OS2. The highest BCUT2D eigenvalue weighted by atomic mass is 35.5. The van der Waals surface area contributed by atoms with Crippen LogP contribution < -0.4 is 0 Å². The molecule has 0 N–H and O–H groups in total. The molecule has 0 amide bonds. The lowest BCUT2D eigenvalue weighted by Gasteiger charge is -2.20. The lowest BCUT2D eigenvalue weighted by molar-refractivity contribution is -0.137. The third-order valence-electron chi connectivity index (χ3n) is 4.32. The highest BCUT2D eigenvalue weighted by molar-refractivity contribution is 8.00. The van der Waals surface area contributed by atoms with Crippen LogP contribution in [0.5, 0.6) is 0 Å². The van der Waals surface area contributed by atoms with Gasteiger partial charge in [0.2, 0.25) is 0 Å². The average molecular weight is 431 g/mol. The molecule has 9 heteroatoms. The standard InChI is InChI=1S/C18H14ClF3N2OS2/c19-17-11(3-6-26-17)9-25-16-13-2-1-12(18(20,21)22)7-14(13)27-15(16)8-24-5-4-23-10-24/h1-7,10,15-16H,8-9H2/t15-,16-/m1/s1. The predicted octanol–water partition coefficient (Wildman–Crippen LogP) is 6.05. The van der Waals surface area contributed by atoms with E-state index in [0.29, 0.717) is 22.4 Å². The summed E-state index contributed by atoms with van der Waals surface area (Å²) in [7, 11) is 0. The number of ether oxygens (including phenoxy) is 1. The normalized spacial score (nSPS) is 19.4. The molecular weight excluding hydrogens is 417 g/mol. The SMILES string of the molecule is FC(F)(F)c1ccc2c(c1)S[C@H](Cn1ccnc1)[C@@H]2OCc1ccsc1Cl. The van der Waals surface area contributed by atoms with Crippen LogP contribution in [-0.4, -0.2) is 14.8 Å². The minimum atomic E-state index is -4.36. The second-order valence-electron chi connectivity index (χ2n) is 6.12. The number of alkyl halides is 3. The van der Waals surface area contributed by atoms with Gasteiger partial charge in [0.05, 0.1) is 34.2 Å². The van der Waals surface area contributed by atoms with Crippen molar-refractivity contribution in [3.63, 3.8) is 0 Å². The van der Waals surface area contributed by atoms with E-state index in [2.05, 4.69) is 4.98 Å². The number of imidazole rings is 1. The number of thiophene rings is 1. The summed E-state index contributed by atoms with van der Waals surface area (Å²) in [5.74, 6) is 0. The van der Waals surface area contributed by atoms with E-state index in [9.17, 15) is 13.2 Å². The Bertz CT molecular complexity index is 927. The summed E-state index contributed by atoms with van der Waals surface area (Å²) in [6.07, 6.45) is 0.508. The van der Waals surface area contributed by atoms with Crippen LogP contribution in [0.2, 0.25) is 4.34 Å². The first kappa shape index (κ1) is 18.9. The summed E-state index contributed by atoms with van der Waals surface area (Å²) in [6.45, 7) is 0.900. The molecule has 0 spiro atoms. The number of halogens is 4. The quantitative estimate of drug-likeness (QED) is 0.493. The first-order valence-corrected chi connectivity index (χ1v) is 10.2. The van der Waals surface area contributed by atoms with Crippen LogP contribution in [0.1, 0.15) is 22.8 Å². The van der Waals surface area contributed by atoms with Gasteiger partial charge < -0.3 is 9.30 Å². The van der Waals surface area contributed by atoms with Gasteiger partial charge in [-0.2, -0.15) is 13.2 Å². The fraction of sp³-hybridized carbons (Fsp3) is 0.278. The minimum Gasteiger partial charge on any atom is -0.367 e. The van der Waals surface area contributed by atoms with Gasteiger partial charge in [-0.05, 0) is 29.1 Å². The van der Waals surface area contributed by atoms with Crippen LogP contribution in [-0.2, 0) is 24.1 Å². The maximum Gasteiger partial charge on any atom is 0.416 e. The van der Waals surface area contributed by atoms with Crippen molar-refractivity contribution in [3.05, 3.63) is 69.4 Å². The van der Waals surface area contributed by atoms with Gasteiger partial charge in [0.25, 0.3) is 0 Å². The first-order chi connectivity index (χ1) is 12.9. The van der Waals surface area contributed by atoms with Gasteiger partial charge in [-0.1, -0.05) is 17.7 Å². The molecule has 0 saturated carbocycles. The monoisotopic (exact) mass is 430 g/mol. The molecule has 4 rings (SSSR count). The number of hydrogen-bond donors (Lipinski definition) is 0. The fourth-order valence-electron chi connectivity index (χ4n) is 3.01. The smallest absolute Gasteiger partial charge is 0.367 e. The van der Waals surface area contributed by atoms with E-state index in [1.165, 1.54) is 35.2 Å². The van der Waals surface area contributed by atoms with Gasteiger partial charge in [0, 0.05) is 29.4 Å². The number of aromatic nitrogens is 2. The van der Waals surface area contributed by atoms with Crippen LogP contribution in [0, 0.1) is 0 Å². The van der Waals surface area contributed by atoms with Crippen LogP contribution >= 0.6 is 34.7 Å². The molecule has 1 aromatic carbocycles. The van der Waals surface area contributed by atoms with Crippen molar-refractivity contribution < 1.29 is 17.9 Å². The lowest BCUT2D eigenvalue weighted by atomic mass is 10.0. The van der Waals surface area contributed by atoms with Crippen molar-refractivity contribution in [1.82, 2.24) is 9.55 Å². The number of benzene rings is 1. The van der Waals surface area contributed by atoms with Crippen molar-refractivity contribution >= 4 is 34.7 Å². The van der Waals surface area contributed by atoms with Gasteiger partial charge in [-0.3, -0.25) is 0 Å². The number of thioether (sulfide) groups is 1. The van der Waals surface area contributed by atoms with Crippen molar-refractivity contribution in [3.8, 4) is 0 Å². The molecule has 1 aliphatic heterocycles.